The summed E-state index contributed by atoms with van der Waals surface area (Å²) >= 11 is 7.76. The summed E-state index contributed by atoms with van der Waals surface area (Å²) in [5.41, 5.74) is 2.52. The molecule has 0 N–H and O–H groups in total. The lowest BCUT2D eigenvalue weighted by atomic mass is 10.0. The maximum absolute atomic E-state index is 13.1. The van der Waals surface area contributed by atoms with Gasteiger partial charge in [0.2, 0.25) is 0 Å². The van der Waals surface area contributed by atoms with Crippen molar-refractivity contribution in [1.82, 2.24) is 0 Å². The van der Waals surface area contributed by atoms with Gasteiger partial charge in [0.05, 0.1) is 6.57 Å². The molecule has 1 amide bonds. The molecule has 1 heterocycles. The Morgan fingerprint density at radius 3 is 2.28 bits per heavy atom. The fourth-order valence-electron chi connectivity index (χ4n) is 2.88. The molecule has 4 nitrogen and oxygen atoms in total. The van der Waals surface area contributed by atoms with Crippen LogP contribution in [0.3, 0.4) is 0 Å². The minimum atomic E-state index is -0.782. The van der Waals surface area contributed by atoms with E-state index in [9.17, 15) is 4.79 Å². The number of carbonyl (C=O) groups excluding carboxylic acids is 1. The van der Waals surface area contributed by atoms with Crippen LogP contribution in [0.15, 0.2) is 42.5 Å². The van der Waals surface area contributed by atoms with E-state index < -0.39 is 5.54 Å². The summed E-state index contributed by atoms with van der Waals surface area (Å²) in [6.07, 6.45) is 0. The lowest BCUT2D eigenvalue weighted by Crippen LogP contribution is -2.44. The Balaban J connectivity index is 2.07. The van der Waals surface area contributed by atoms with E-state index in [1.165, 1.54) is 0 Å². The SMILES string of the molecule is [C-]#[N+]c1ccc(N2C(=O)C(C)(C)N(c3ccc(C)cc3)C2=S)cc1I. The standard InChI is InChI=1S/C19H16IN3OS/c1-12-5-7-13(8-6-12)23-18(25)22(17(24)19(23,2)3)14-9-10-16(21-4)15(20)11-14/h5-11H,1-3H3. The number of halogens is 1. The van der Waals surface area contributed by atoms with Crippen molar-refractivity contribution in [2.24, 2.45) is 0 Å². The molecule has 0 aliphatic carbocycles. The monoisotopic (exact) mass is 461 g/mol. The van der Waals surface area contributed by atoms with E-state index in [0.717, 1.165) is 14.8 Å². The molecular formula is C19H16IN3OS. The average Bonchev–Trinajstić information content (AvgIpc) is 2.74. The summed E-state index contributed by atoms with van der Waals surface area (Å²) in [5.74, 6) is -0.0792. The predicted octanol–water partition coefficient (Wildman–Crippen LogP) is 5.07. The van der Waals surface area contributed by atoms with Gasteiger partial charge in [-0.3, -0.25) is 9.69 Å². The highest BCUT2D eigenvalue weighted by molar-refractivity contribution is 14.1. The number of benzene rings is 2. The van der Waals surface area contributed by atoms with Crippen LogP contribution in [0, 0.1) is 17.1 Å². The molecule has 0 aromatic heterocycles. The number of hydrogen-bond acceptors (Lipinski definition) is 2. The second-order valence-electron chi connectivity index (χ2n) is 6.40. The summed E-state index contributed by atoms with van der Waals surface area (Å²) in [6, 6.07) is 13.3. The number of aryl methyl sites for hydroxylation is 1. The molecule has 0 radical (unpaired) electrons. The summed E-state index contributed by atoms with van der Waals surface area (Å²) in [7, 11) is 0. The fourth-order valence-corrected chi connectivity index (χ4v) is 4.02. The first-order valence-electron chi connectivity index (χ1n) is 7.70. The van der Waals surface area contributed by atoms with Gasteiger partial charge in [-0.15, -0.1) is 0 Å². The van der Waals surface area contributed by atoms with Crippen LogP contribution in [0.4, 0.5) is 17.1 Å². The maximum Gasteiger partial charge on any atom is 0.259 e. The number of thiocarbonyl (C=S) groups is 1. The van der Waals surface area contributed by atoms with Crippen molar-refractivity contribution in [3.8, 4) is 0 Å². The molecule has 1 saturated heterocycles. The molecular weight excluding hydrogens is 445 g/mol. The Labute approximate surface area is 166 Å². The van der Waals surface area contributed by atoms with Gasteiger partial charge in [0.15, 0.2) is 10.8 Å². The van der Waals surface area contributed by atoms with E-state index >= 15 is 0 Å². The maximum atomic E-state index is 13.1. The average molecular weight is 461 g/mol. The Bertz CT molecular complexity index is 915. The second kappa shape index (κ2) is 6.39. The summed E-state index contributed by atoms with van der Waals surface area (Å²) < 4.78 is 0.798. The number of carbonyl (C=O) groups is 1. The van der Waals surface area contributed by atoms with E-state index in [2.05, 4.69) is 27.4 Å². The molecule has 126 valence electrons. The van der Waals surface area contributed by atoms with Crippen molar-refractivity contribution < 1.29 is 4.79 Å². The lowest BCUT2D eigenvalue weighted by molar-refractivity contribution is -0.120. The molecule has 1 fully saturated rings. The number of rotatable bonds is 2. The molecule has 2 aromatic carbocycles. The van der Waals surface area contributed by atoms with E-state index in [4.69, 9.17) is 18.8 Å². The van der Waals surface area contributed by atoms with Crippen LogP contribution in [0.1, 0.15) is 19.4 Å². The topological polar surface area (TPSA) is 27.9 Å². The van der Waals surface area contributed by atoms with E-state index in [-0.39, 0.29) is 5.91 Å². The van der Waals surface area contributed by atoms with Gasteiger partial charge in [-0.2, -0.15) is 0 Å². The second-order valence-corrected chi connectivity index (χ2v) is 7.93. The minimum absolute atomic E-state index is 0.0792. The van der Waals surface area contributed by atoms with Crippen LogP contribution in [0.2, 0.25) is 0 Å². The first kappa shape index (κ1) is 17.8. The Morgan fingerprint density at radius 2 is 1.72 bits per heavy atom. The lowest BCUT2D eigenvalue weighted by Gasteiger charge is -2.29. The molecule has 0 saturated carbocycles. The first-order valence-corrected chi connectivity index (χ1v) is 9.18. The molecule has 1 aliphatic heterocycles. The highest BCUT2D eigenvalue weighted by Crippen LogP contribution is 2.37. The van der Waals surface area contributed by atoms with Crippen molar-refractivity contribution >= 4 is 62.9 Å². The molecule has 0 atom stereocenters. The van der Waals surface area contributed by atoms with Gasteiger partial charge in [0.1, 0.15) is 5.54 Å². The van der Waals surface area contributed by atoms with Crippen molar-refractivity contribution in [2.75, 3.05) is 9.80 Å². The van der Waals surface area contributed by atoms with E-state index in [1.54, 1.807) is 17.0 Å². The molecule has 2 aromatic rings. The largest absolute Gasteiger partial charge is 0.304 e. The van der Waals surface area contributed by atoms with Gasteiger partial charge in [-0.1, -0.05) is 46.4 Å². The van der Waals surface area contributed by atoms with Crippen molar-refractivity contribution in [3.63, 3.8) is 0 Å². The van der Waals surface area contributed by atoms with E-state index in [1.807, 2.05) is 56.0 Å². The van der Waals surface area contributed by atoms with Gasteiger partial charge in [-0.05, 0) is 57.3 Å². The molecule has 1 aliphatic rings. The highest BCUT2D eigenvalue weighted by Gasteiger charge is 2.50. The molecule has 0 spiro atoms. The zero-order chi connectivity index (χ0) is 18.4. The Hall–Kier alpha value is -1.98. The van der Waals surface area contributed by atoms with Gasteiger partial charge >= 0.3 is 0 Å². The molecule has 0 unspecified atom stereocenters. The number of amides is 1. The number of nitrogens with zero attached hydrogens (tertiary/aromatic N) is 3. The fraction of sp³-hybridized carbons (Fsp3) is 0.211. The number of anilines is 2. The molecule has 25 heavy (non-hydrogen) atoms. The van der Waals surface area contributed by atoms with Crippen molar-refractivity contribution in [1.29, 1.82) is 0 Å². The van der Waals surface area contributed by atoms with Crippen molar-refractivity contribution in [3.05, 3.63) is 63.0 Å². The third kappa shape index (κ3) is 2.92. The molecule has 6 heteroatoms. The van der Waals surface area contributed by atoms with Crippen LogP contribution >= 0.6 is 34.8 Å². The quantitative estimate of drug-likeness (QED) is 0.355. The third-order valence-electron chi connectivity index (χ3n) is 4.27. The van der Waals surface area contributed by atoms with Gasteiger partial charge < -0.3 is 4.90 Å². The molecule has 3 rings (SSSR count). The normalized spacial score (nSPS) is 16.3. The first-order chi connectivity index (χ1) is 11.8. The van der Waals surface area contributed by atoms with Gasteiger partial charge in [-0.25, -0.2) is 4.85 Å². The zero-order valence-electron chi connectivity index (χ0n) is 14.1. The summed E-state index contributed by atoms with van der Waals surface area (Å²) in [5, 5.41) is 0.449. The Kier molecular flexibility index (Phi) is 4.56. The van der Waals surface area contributed by atoms with Crippen LogP contribution in [0.5, 0.6) is 0 Å². The van der Waals surface area contributed by atoms with Gasteiger partial charge in [0.25, 0.3) is 5.91 Å². The Morgan fingerprint density at radius 1 is 1.12 bits per heavy atom. The third-order valence-corrected chi connectivity index (χ3v) is 5.50. The van der Waals surface area contributed by atoms with E-state index in [0.29, 0.717) is 16.5 Å². The van der Waals surface area contributed by atoms with Crippen LogP contribution in [-0.4, -0.2) is 16.6 Å². The molecule has 0 bridgehead atoms. The number of hydrogen-bond donors (Lipinski definition) is 0. The van der Waals surface area contributed by atoms with Crippen LogP contribution < -0.4 is 9.80 Å². The van der Waals surface area contributed by atoms with Crippen LogP contribution in [0.25, 0.3) is 4.85 Å². The smallest absolute Gasteiger partial charge is 0.259 e. The summed E-state index contributed by atoms with van der Waals surface area (Å²) in [6.45, 7) is 12.9. The zero-order valence-corrected chi connectivity index (χ0v) is 17.1. The predicted molar refractivity (Wildman–Crippen MR) is 113 cm³/mol. The highest BCUT2D eigenvalue weighted by atomic mass is 127. The van der Waals surface area contributed by atoms with Gasteiger partial charge in [0, 0.05) is 14.9 Å². The minimum Gasteiger partial charge on any atom is -0.304 e. The van der Waals surface area contributed by atoms with Crippen LogP contribution in [-0.2, 0) is 4.79 Å². The van der Waals surface area contributed by atoms with Crippen molar-refractivity contribution in [2.45, 2.75) is 26.3 Å². The summed E-state index contributed by atoms with van der Waals surface area (Å²) in [4.78, 5) is 20.0.